The lowest BCUT2D eigenvalue weighted by Crippen LogP contribution is -2.32. The Morgan fingerprint density at radius 3 is 2.88 bits per heavy atom. The first-order valence-electron chi connectivity index (χ1n) is 6.50. The number of nitrogen functional groups attached to an aromatic ring is 1. The van der Waals surface area contributed by atoms with E-state index in [1.807, 2.05) is 0 Å². The van der Waals surface area contributed by atoms with Crippen molar-refractivity contribution in [2.24, 2.45) is 0 Å². The molecule has 3 N–H and O–H groups in total. The van der Waals surface area contributed by atoms with E-state index in [9.17, 15) is 0 Å². The fourth-order valence-electron chi connectivity index (χ4n) is 2.96. The Bertz CT molecular complexity index is 405. The van der Waals surface area contributed by atoms with E-state index in [0.29, 0.717) is 6.04 Å². The fraction of sp³-hybridized carbons (Fsp3) is 0.750. The molecule has 3 heterocycles. The third kappa shape index (κ3) is 1.93. The average Bonchev–Trinajstić information content (AvgIpc) is 2.68. The first-order chi connectivity index (χ1) is 8.25. The third-order valence-corrected chi connectivity index (χ3v) is 3.96. The molecule has 1 saturated heterocycles. The van der Waals surface area contributed by atoms with Gasteiger partial charge in [-0.1, -0.05) is 0 Å². The second-order valence-electron chi connectivity index (χ2n) is 5.22. The van der Waals surface area contributed by atoms with Crippen LogP contribution in [-0.2, 0) is 13.0 Å². The molecule has 0 amide bonds. The summed E-state index contributed by atoms with van der Waals surface area (Å²) in [4.78, 5) is 2.31. The molecule has 1 aromatic rings. The fourth-order valence-corrected chi connectivity index (χ4v) is 2.96. The first-order valence-corrected chi connectivity index (χ1v) is 6.50. The van der Waals surface area contributed by atoms with Crippen LogP contribution in [0.15, 0.2) is 0 Å². The summed E-state index contributed by atoms with van der Waals surface area (Å²) < 4.78 is 2.22. The van der Waals surface area contributed by atoms with Crippen LogP contribution in [-0.4, -0.2) is 41.4 Å². The Morgan fingerprint density at radius 2 is 2.12 bits per heavy atom. The van der Waals surface area contributed by atoms with Crippen LogP contribution in [0.3, 0.4) is 0 Å². The molecule has 5 heteroatoms. The molecule has 1 fully saturated rings. The smallest absolute Gasteiger partial charge is 0.150 e. The number of fused-ring (bicyclic) bond motifs is 1. The number of likely N-dealkylation sites (N-methyl/N-ethyl adjacent to an activating group) is 1. The molecule has 0 spiro atoms. The van der Waals surface area contributed by atoms with Gasteiger partial charge in [-0.2, -0.15) is 5.10 Å². The van der Waals surface area contributed by atoms with E-state index in [-0.39, 0.29) is 0 Å². The van der Waals surface area contributed by atoms with Crippen molar-refractivity contribution in [1.82, 2.24) is 20.0 Å². The van der Waals surface area contributed by atoms with Gasteiger partial charge >= 0.3 is 0 Å². The molecule has 17 heavy (non-hydrogen) atoms. The average molecular weight is 235 g/mol. The van der Waals surface area contributed by atoms with Crippen LogP contribution < -0.4 is 11.1 Å². The molecular formula is C12H21N5. The van der Waals surface area contributed by atoms with Crippen LogP contribution in [0.1, 0.15) is 30.1 Å². The third-order valence-electron chi connectivity index (χ3n) is 3.96. The first kappa shape index (κ1) is 11.0. The summed E-state index contributed by atoms with van der Waals surface area (Å²) in [5.74, 6) is 0.741. The van der Waals surface area contributed by atoms with Crippen LogP contribution in [0.5, 0.6) is 0 Å². The van der Waals surface area contributed by atoms with Crippen LogP contribution >= 0.6 is 0 Å². The van der Waals surface area contributed by atoms with Gasteiger partial charge in [-0.25, -0.2) is 0 Å². The number of aromatic nitrogens is 2. The Morgan fingerprint density at radius 1 is 1.35 bits per heavy atom. The lowest BCUT2D eigenvalue weighted by Gasteiger charge is -2.28. The van der Waals surface area contributed by atoms with E-state index >= 15 is 0 Å². The number of rotatable bonds is 1. The number of piperidine rings is 1. The molecule has 94 valence electrons. The molecule has 2 aliphatic heterocycles. The molecule has 0 atom stereocenters. The summed E-state index contributed by atoms with van der Waals surface area (Å²) in [5, 5.41) is 7.99. The van der Waals surface area contributed by atoms with Crippen molar-refractivity contribution in [3.63, 3.8) is 0 Å². The maximum atomic E-state index is 6.06. The second-order valence-corrected chi connectivity index (χ2v) is 5.22. The standard InChI is InChI=1S/C12H21N5/c1-16-7-4-11-10(8-16)12(13)15-17(11)9-2-5-14-6-3-9/h9,14H,2-8H2,1H3,(H2,13,15). The van der Waals surface area contributed by atoms with Crippen LogP contribution in [0, 0.1) is 0 Å². The lowest BCUT2D eigenvalue weighted by molar-refractivity contribution is 0.291. The highest BCUT2D eigenvalue weighted by Gasteiger charge is 2.26. The van der Waals surface area contributed by atoms with Crippen LogP contribution in [0.4, 0.5) is 5.82 Å². The number of nitrogens with two attached hydrogens (primary N) is 1. The van der Waals surface area contributed by atoms with Gasteiger partial charge in [-0.3, -0.25) is 4.68 Å². The van der Waals surface area contributed by atoms with E-state index in [1.165, 1.54) is 24.1 Å². The Hall–Kier alpha value is -1.07. The van der Waals surface area contributed by atoms with E-state index in [4.69, 9.17) is 5.73 Å². The maximum absolute atomic E-state index is 6.06. The summed E-state index contributed by atoms with van der Waals surface area (Å²) in [6.45, 7) is 4.26. The largest absolute Gasteiger partial charge is 0.382 e. The number of anilines is 1. The molecule has 1 aromatic heterocycles. The number of hydrogen-bond donors (Lipinski definition) is 2. The molecular weight excluding hydrogens is 214 g/mol. The van der Waals surface area contributed by atoms with Crippen molar-refractivity contribution in [3.05, 3.63) is 11.3 Å². The van der Waals surface area contributed by atoms with Crippen molar-refractivity contribution in [1.29, 1.82) is 0 Å². The SMILES string of the molecule is CN1CCc2c(c(N)nn2C2CCNCC2)C1. The molecule has 5 nitrogen and oxygen atoms in total. The number of nitrogens with one attached hydrogen (secondary N) is 1. The Labute approximate surface area is 102 Å². The highest BCUT2D eigenvalue weighted by molar-refractivity contribution is 5.44. The van der Waals surface area contributed by atoms with Gasteiger partial charge < -0.3 is 16.0 Å². The summed E-state index contributed by atoms with van der Waals surface area (Å²) in [6, 6.07) is 0.547. The van der Waals surface area contributed by atoms with Gasteiger partial charge in [0.25, 0.3) is 0 Å². The molecule has 0 bridgehead atoms. The number of hydrogen-bond acceptors (Lipinski definition) is 4. The Balaban J connectivity index is 1.92. The lowest BCUT2D eigenvalue weighted by atomic mass is 10.0. The summed E-state index contributed by atoms with van der Waals surface area (Å²) in [6.07, 6.45) is 3.42. The van der Waals surface area contributed by atoms with Gasteiger partial charge in [0.2, 0.25) is 0 Å². The van der Waals surface area contributed by atoms with Crippen molar-refractivity contribution in [2.45, 2.75) is 31.8 Å². The summed E-state index contributed by atoms with van der Waals surface area (Å²) in [5.41, 5.74) is 8.70. The monoisotopic (exact) mass is 235 g/mol. The van der Waals surface area contributed by atoms with Crippen molar-refractivity contribution >= 4 is 5.82 Å². The quantitative estimate of drug-likeness (QED) is 0.739. The minimum atomic E-state index is 0.547. The minimum Gasteiger partial charge on any atom is -0.382 e. The predicted octanol–water partition coefficient (Wildman–Crippen LogP) is 0.378. The van der Waals surface area contributed by atoms with Gasteiger partial charge in [0.05, 0.1) is 6.04 Å². The van der Waals surface area contributed by atoms with Gasteiger partial charge in [0, 0.05) is 30.8 Å². The zero-order chi connectivity index (χ0) is 11.8. The maximum Gasteiger partial charge on any atom is 0.150 e. The molecule has 0 unspecified atom stereocenters. The Kier molecular flexibility index (Phi) is 2.80. The van der Waals surface area contributed by atoms with E-state index < -0.39 is 0 Å². The molecule has 0 saturated carbocycles. The predicted molar refractivity (Wildman–Crippen MR) is 67.8 cm³/mol. The van der Waals surface area contributed by atoms with Gasteiger partial charge in [0.1, 0.15) is 5.82 Å². The van der Waals surface area contributed by atoms with E-state index in [1.54, 1.807) is 0 Å². The zero-order valence-corrected chi connectivity index (χ0v) is 10.4. The molecule has 0 radical (unpaired) electrons. The zero-order valence-electron chi connectivity index (χ0n) is 10.4. The van der Waals surface area contributed by atoms with Crippen LogP contribution in [0.2, 0.25) is 0 Å². The van der Waals surface area contributed by atoms with Gasteiger partial charge in [-0.05, 0) is 33.0 Å². The molecule has 2 aliphatic rings. The molecule has 0 aromatic carbocycles. The van der Waals surface area contributed by atoms with Crippen LogP contribution in [0.25, 0.3) is 0 Å². The highest BCUT2D eigenvalue weighted by Crippen LogP contribution is 2.28. The summed E-state index contributed by atoms with van der Waals surface area (Å²) in [7, 11) is 2.14. The van der Waals surface area contributed by atoms with Gasteiger partial charge in [0.15, 0.2) is 0 Å². The molecule has 0 aliphatic carbocycles. The second kappa shape index (κ2) is 4.31. The minimum absolute atomic E-state index is 0.547. The van der Waals surface area contributed by atoms with E-state index in [0.717, 1.165) is 38.4 Å². The number of nitrogens with zero attached hydrogens (tertiary/aromatic N) is 3. The normalized spacial score (nSPS) is 22.6. The topological polar surface area (TPSA) is 59.1 Å². The molecule has 3 rings (SSSR count). The van der Waals surface area contributed by atoms with Crippen molar-refractivity contribution < 1.29 is 0 Å². The van der Waals surface area contributed by atoms with Crippen molar-refractivity contribution in [2.75, 3.05) is 32.4 Å². The van der Waals surface area contributed by atoms with Gasteiger partial charge in [-0.15, -0.1) is 0 Å². The summed E-state index contributed by atoms with van der Waals surface area (Å²) >= 11 is 0. The van der Waals surface area contributed by atoms with E-state index in [2.05, 4.69) is 27.0 Å². The highest BCUT2D eigenvalue weighted by atomic mass is 15.3. The van der Waals surface area contributed by atoms with Crippen molar-refractivity contribution in [3.8, 4) is 0 Å².